The van der Waals surface area contributed by atoms with Gasteiger partial charge in [0.05, 0.1) is 11.5 Å². The van der Waals surface area contributed by atoms with E-state index >= 15 is 0 Å². The van der Waals surface area contributed by atoms with Crippen LogP contribution >= 0.6 is 11.8 Å². The van der Waals surface area contributed by atoms with Gasteiger partial charge in [-0.1, -0.05) is 24.8 Å². The highest BCUT2D eigenvalue weighted by molar-refractivity contribution is 8.05. The summed E-state index contributed by atoms with van der Waals surface area (Å²) in [6.07, 6.45) is 1.08. The molecule has 12 heavy (non-hydrogen) atoms. The number of aryl methyl sites for hydroxylation is 1. The fourth-order valence-corrected chi connectivity index (χ4v) is 2.05. The third kappa shape index (κ3) is 1.31. The van der Waals surface area contributed by atoms with Crippen LogP contribution in [0.15, 0.2) is 21.9 Å². The number of hydrogen-bond acceptors (Lipinski definition) is 2. The van der Waals surface area contributed by atoms with E-state index in [1.165, 1.54) is 15.4 Å². The van der Waals surface area contributed by atoms with Crippen molar-refractivity contribution in [1.82, 2.24) is 0 Å². The summed E-state index contributed by atoms with van der Waals surface area (Å²) in [4.78, 5) is 2.77. The van der Waals surface area contributed by atoms with E-state index in [0.717, 1.165) is 18.8 Å². The fourth-order valence-electron chi connectivity index (χ4n) is 1.18. The first-order valence-corrected chi connectivity index (χ1v) is 5.09. The Labute approximate surface area is 77.1 Å². The molecule has 1 aromatic rings. The van der Waals surface area contributed by atoms with Gasteiger partial charge in [-0.15, -0.1) is 0 Å². The predicted molar refractivity (Wildman–Crippen MR) is 51.1 cm³/mol. The normalized spacial score (nSPS) is 12.5. The molecule has 2 heteroatoms. The van der Waals surface area contributed by atoms with E-state index in [1.54, 1.807) is 0 Å². The van der Waals surface area contributed by atoms with E-state index in [1.807, 2.05) is 11.8 Å². The van der Waals surface area contributed by atoms with Crippen LogP contribution < -0.4 is 4.74 Å². The second kappa shape index (κ2) is 3.02. The molecule has 1 aromatic carbocycles. The van der Waals surface area contributed by atoms with Gasteiger partial charge in [-0.25, -0.2) is 0 Å². The van der Waals surface area contributed by atoms with Crippen molar-refractivity contribution in [3.05, 3.63) is 17.7 Å². The summed E-state index contributed by atoms with van der Waals surface area (Å²) in [6.45, 7) is 5.10. The van der Waals surface area contributed by atoms with E-state index in [0.29, 0.717) is 0 Å². The molecule has 0 aliphatic carbocycles. The molecule has 0 atom stereocenters. The average Bonchev–Trinajstić information content (AvgIpc) is 2.83. The highest BCUT2D eigenvalue weighted by Crippen LogP contribution is 2.55. The van der Waals surface area contributed by atoms with E-state index in [-0.39, 0.29) is 0 Å². The SMILES string of the molecule is CCCOc1ccc(C)c2c1S2. The van der Waals surface area contributed by atoms with Crippen molar-refractivity contribution in [3.8, 4) is 5.75 Å². The van der Waals surface area contributed by atoms with Gasteiger partial charge in [0, 0.05) is 4.90 Å². The summed E-state index contributed by atoms with van der Waals surface area (Å²) < 4.78 is 5.57. The fraction of sp³-hybridized carbons (Fsp3) is 0.400. The van der Waals surface area contributed by atoms with Gasteiger partial charge >= 0.3 is 0 Å². The Hall–Kier alpha value is -0.630. The minimum Gasteiger partial charge on any atom is -0.492 e. The van der Waals surface area contributed by atoms with Crippen LogP contribution in [-0.2, 0) is 0 Å². The van der Waals surface area contributed by atoms with Crippen LogP contribution in [0.1, 0.15) is 18.9 Å². The molecule has 0 saturated heterocycles. The van der Waals surface area contributed by atoms with Crippen molar-refractivity contribution in [2.75, 3.05) is 6.61 Å². The largest absolute Gasteiger partial charge is 0.492 e. The number of rotatable bonds is 3. The van der Waals surface area contributed by atoms with Crippen LogP contribution in [0.5, 0.6) is 5.75 Å². The van der Waals surface area contributed by atoms with E-state index in [9.17, 15) is 0 Å². The Balaban J connectivity index is 2.15. The Kier molecular flexibility index (Phi) is 2.01. The highest BCUT2D eigenvalue weighted by Gasteiger charge is 2.25. The Morgan fingerprint density at radius 1 is 1.33 bits per heavy atom. The zero-order chi connectivity index (χ0) is 8.55. The quantitative estimate of drug-likeness (QED) is 0.670. The van der Waals surface area contributed by atoms with E-state index < -0.39 is 0 Å². The van der Waals surface area contributed by atoms with Crippen LogP contribution in [0.3, 0.4) is 0 Å². The summed E-state index contributed by atoms with van der Waals surface area (Å²) >= 11 is 1.84. The molecule has 0 radical (unpaired) electrons. The van der Waals surface area contributed by atoms with E-state index in [4.69, 9.17) is 4.74 Å². The highest BCUT2D eigenvalue weighted by atomic mass is 32.2. The topological polar surface area (TPSA) is 9.23 Å². The lowest BCUT2D eigenvalue weighted by Gasteiger charge is -2.02. The Morgan fingerprint density at radius 2 is 2.17 bits per heavy atom. The molecule has 2 rings (SSSR count). The molecule has 1 aliphatic heterocycles. The first kappa shape index (κ1) is 7.99. The van der Waals surface area contributed by atoms with Gasteiger partial charge in [0.15, 0.2) is 0 Å². The molecular formula is C10H12OS. The third-order valence-electron chi connectivity index (χ3n) is 1.90. The molecule has 1 aliphatic rings. The molecule has 0 amide bonds. The van der Waals surface area contributed by atoms with Gasteiger partial charge in [-0.2, -0.15) is 0 Å². The summed E-state index contributed by atoms with van der Waals surface area (Å²) in [6, 6.07) is 4.20. The van der Waals surface area contributed by atoms with Crippen molar-refractivity contribution >= 4 is 11.8 Å². The summed E-state index contributed by atoms with van der Waals surface area (Å²) in [5.41, 5.74) is 1.37. The zero-order valence-corrected chi connectivity index (χ0v) is 8.20. The van der Waals surface area contributed by atoms with Gasteiger partial charge < -0.3 is 4.74 Å². The molecule has 0 bridgehead atoms. The maximum absolute atomic E-state index is 5.57. The molecule has 1 nitrogen and oxygen atoms in total. The lowest BCUT2D eigenvalue weighted by atomic mass is 10.2. The van der Waals surface area contributed by atoms with Crippen molar-refractivity contribution in [3.63, 3.8) is 0 Å². The minimum absolute atomic E-state index is 0.829. The van der Waals surface area contributed by atoms with Crippen molar-refractivity contribution < 1.29 is 4.74 Å². The summed E-state index contributed by atoms with van der Waals surface area (Å²) in [5, 5.41) is 0. The monoisotopic (exact) mass is 180 g/mol. The van der Waals surface area contributed by atoms with Crippen LogP contribution in [0.4, 0.5) is 0 Å². The molecule has 0 aromatic heterocycles. The molecule has 1 heterocycles. The number of benzene rings is 1. The average molecular weight is 180 g/mol. The minimum atomic E-state index is 0.829. The number of ether oxygens (including phenoxy) is 1. The van der Waals surface area contributed by atoms with Gasteiger partial charge in [-0.3, -0.25) is 0 Å². The summed E-state index contributed by atoms with van der Waals surface area (Å²) in [7, 11) is 0. The van der Waals surface area contributed by atoms with Crippen molar-refractivity contribution in [2.24, 2.45) is 0 Å². The molecule has 0 unspecified atom stereocenters. The molecule has 0 N–H and O–H groups in total. The molecule has 0 saturated carbocycles. The zero-order valence-electron chi connectivity index (χ0n) is 7.39. The number of hydrogen-bond donors (Lipinski definition) is 0. The van der Waals surface area contributed by atoms with Crippen LogP contribution in [0, 0.1) is 6.92 Å². The lowest BCUT2D eigenvalue weighted by Crippen LogP contribution is -1.94. The van der Waals surface area contributed by atoms with Crippen LogP contribution in [0.25, 0.3) is 0 Å². The van der Waals surface area contributed by atoms with Crippen molar-refractivity contribution in [1.29, 1.82) is 0 Å². The Bertz CT molecular complexity index is 307. The standard InChI is InChI=1S/C10H12OS/c1-3-6-11-8-5-4-7(2)9-10(8)12-9/h4-5H,3,6H2,1-2H3. The predicted octanol–water partition coefficient (Wildman–Crippen LogP) is 3.25. The third-order valence-corrected chi connectivity index (χ3v) is 3.03. The van der Waals surface area contributed by atoms with Gasteiger partial charge in [-0.05, 0) is 25.0 Å². The van der Waals surface area contributed by atoms with Gasteiger partial charge in [0.1, 0.15) is 5.75 Å². The maximum Gasteiger partial charge on any atom is 0.134 e. The molecule has 64 valence electrons. The van der Waals surface area contributed by atoms with Gasteiger partial charge in [0.2, 0.25) is 0 Å². The smallest absolute Gasteiger partial charge is 0.134 e. The maximum atomic E-state index is 5.57. The summed E-state index contributed by atoms with van der Waals surface area (Å²) in [5.74, 6) is 1.07. The van der Waals surface area contributed by atoms with Crippen molar-refractivity contribution in [2.45, 2.75) is 30.1 Å². The second-order valence-electron chi connectivity index (χ2n) is 2.99. The Morgan fingerprint density at radius 3 is 2.92 bits per heavy atom. The van der Waals surface area contributed by atoms with Crippen LogP contribution in [0.2, 0.25) is 0 Å². The molecule has 0 fully saturated rings. The van der Waals surface area contributed by atoms with Crippen LogP contribution in [-0.4, -0.2) is 6.61 Å². The molecule has 0 spiro atoms. The number of fused-ring (bicyclic) bond motifs is 1. The lowest BCUT2D eigenvalue weighted by molar-refractivity contribution is 0.310. The van der Waals surface area contributed by atoms with E-state index in [2.05, 4.69) is 26.0 Å². The van der Waals surface area contributed by atoms with Gasteiger partial charge in [0.25, 0.3) is 0 Å². The second-order valence-corrected chi connectivity index (χ2v) is 4.01. The first-order valence-electron chi connectivity index (χ1n) is 4.27. The first-order chi connectivity index (χ1) is 5.83. The molecular weight excluding hydrogens is 168 g/mol.